The quantitative estimate of drug-likeness (QED) is 0.352. The lowest BCUT2D eigenvalue weighted by molar-refractivity contribution is -0.140. The Morgan fingerprint density at radius 2 is 1.84 bits per heavy atom. The minimum absolute atomic E-state index is 0.168. The molecule has 3 rings (SSSR count). The summed E-state index contributed by atoms with van der Waals surface area (Å²) in [7, 11) is 2.82. The molecule has 0 aliphatic carbocycles. The van der Waals surface area contributed by atoms with E-state index in [1.807, 2.05) is 6.92 Å². The number of rotatable bonds is 7. The highest BCUT2D eigenvalue weighted by Crippen LogP contribution is 2.32. The molecule has 0 unspecified atom stereocenters. The number of carbonyl (C=O) groups excluding carboxylic acids is 2. The first-order valence-corrected chi connectivity index (χ1v) is 10.2. The summed E-state index contributed by atoms with van der Waals surface area (Å²) in [5.41, 5.74) is 1.46. The van der Waals surface area contributed by atoms with Crippen LogP contribution in [-0.2, 0) is 14.3 Å². The van der Waals surface area contributed by atoms with Crippen molar-refractivity contribution in [2.45, 2.75) is 6.92 Å². The monoisotopic (exact) mass is 460 g/mol. The number of methoxy groups -OCH3 is 2. The molecule has 0 atom stereocenters. The summed E-state index contributed by atoms with van der Waals surface area (Å²) in [6.45, 7) is 2.17. The number of carbonyl (C=O) groups is 2. The van der Waals surface area contributed by atoms with Crippen LogP contribution in [0.25, 0.3) is 6.08 Å². The Kier molecular flexibility index (Phi) is 7.14. The maximum atomic E-state index is 13.3. The molecule has 9 heteroatoms. The van der Waals surface area contributed by atoms with Gasteiger partial charge in [0.1, 0.15) is 12.2 Å². The molecule has 1 aliphatic rings. The summed E-state index contributed by atoms with van der Waals surface area (Å²) in [6, 6.07) is 12.0. The third-order valence-corrected chi connectivity index (χ3v) is 5.18. The van der Waals surface area contributed by atoms with Crippen LogP contribution in [0.1, 0.15) is 12.5 Å². The van der Waals surface area contributed by atoms with Crippen molar-refractivity contribution in [3.05, 3.63) is 58.7 Å². The van der Waals surface area contributed by atoms with E-state index in [4.69, 9.17) is 38.0 Å². The maximum Gasteiger partial charge on any atom is 0.325 e. The fourth-order valence-corrected chi connectivity index (χ4v) is 3.53. The molecule has 7 nitrogen and oxygen atoms in total. The zero-order valence-electron chi connectivity index (χ0n) is 17.3. The fraction of sp³-hybridized carbons (Fsp3) is 0.227. The van der Waals surface area contributed by atoms with Crippen molar-refractivity contribution in [1.82, 2.24) is 4.90 Å². The molecule has 0 saturated carbocycles. The van der Waals surface area contributed by atoms with Gasteiger partial charge in [0.05, 0.1) is 26.5 Å². The van der Waals surface area contributed by atoms with E-state index in [9.17, 15) is 9.59 Å². The number of nitrogens with zero attached hydrogens (tertiary/aromatic N) is 2. The minimum atomic E-state index is -0.525. The van der Waals surface area contributed by atoms with Crippen LogP contribution in [-0.4, -0.2) is 49.3 Å². The summed E-state index contributed by atoms with van der Waals surface area (Å²) in [6.07, 6.45) is 1.64. The molecule has 31 heavy (non-hydrogen) atoms. The lowest BCUT2D eigenvalue weighted by Gasteiger charge is -2.19. The molecule has 0 radical (unpaired) electrons. The van der Waals surface area contributed by atoms with Crippen molar-refractivity contribution < 1.29 is 23.8 Å². The van der Waals surface area contributed by atoms with E-state index >= 15 is 0 Å². The van der Waals surface area contributed by atoms with E-state index in [1.54, 1.807) is 48.5 Å². The number of thiocarbonyl (C=S) groups is 1. The Morgan fingerprint density at radius 3 is 2.45 bits per heavy atom. The number of amides is 1. The summed E-state index contributed by atoms with van der Waals surface area (Å²) >= 11 is 11.5. The smallest absolute Gasteiger partial charge is 0.325 e. The second-order valence-corrected chi connectivity index (χ2v) is 7.24. The van der Waals surface area contributed by atoms with Crippen molar-refractivity contribution in [2.75, 3.05) is 32.3 Å². The van der Waals surface area contributed by atoms with Crippen LogP contribution in [0.5, 0.6) is 11.5 Å². The van der Waals surface area contributed by atoms with Crippen molar-refractivity contribution in [1.29, 1.82) is 0 Å². The van der Waals surface area contributed by atoms with Crippen molar-refractivity contribution in [3.63, 3.8) is 0 Å². The molecule has 1 heterocycles. The molecule has 1 fully saturated rings. The first-order valence-electron chi connectivity index (χ1n) is 9.40. The van der Waals surface area contributed by atoms with Crippen LogP contribution in [0.4, 0.5) is 5.69 Å². The van der Waals surface area contributed by atoms with E-state index in [2.05, 4.69) is 0 Å². The maximum absolute atomic E-state index is 13.3. The van der Waals surface area contributed by atoms with Crippen LogP contribution in [0, 0.1) is 0 Å². The van der Waals surface area contributed by atoms with Crippen LogP contribution >= 0.6 is 23.8 Å². The number of hydrogen-bond acceptors (Lipinski definition) is 6. The lowest BCUT2D eigenvalue weighted by atomic mass is 10.1. The molecule has 0 aromatic heterocycles. The summed E-state index contributed by atoms with van der Waals surface area (Å²) in [4.78, 5) is 28.1. The molecule has 0 bridgehead atoms. The van der Waals surface area contributed by atoms with Gasteiger partial charge in [-0.1, -0.05) is 17.7 Å². The Balaban J connectivity index is 2.04. The van der Waals surface area contributed by atoms with Crippen molar-refractivity contribution >= 4 is 52.6 Å². The average Bonchev–Trinajstić information content (AvgIpc) is 2.99. The van der Waals surface area contributed by atoms with Crippen molar-refractivity contribution in [2.24, 2.45) is 0 Å². The topological polar surface area (TPSA) is 68.3 Å². The molecule has 2 aromatic rings. The largest absolute Gasteiger partial charge is 0.493 e. The minimum Gasteiger partial charge on any atom is -0.493 e. The van der Waals surface area contributed by atoms with E-state index < -0.39 is 5.97 Å². The van der Waals surface area contributed by atoms with Gasteiger partial charge in [0.25, 0.3) is 5.91 Å². The van der Waals surface area contributed by atoms with Gasteiger partial charge < -0.3 is 19.1 Å². The van der Waals surface area contributed by atoms with Crippen molar-refractivity contribution in [3.8, 4) is 11.5 Å². The van der Waals surface area contributed by atoms with E-state index in [0.29, 0.717) is 34.4 Å². The lowest BCUT2D eigenvalue weighted by Crippen LogP contribution is -2.35. The molecule has 0 spiro atoms. The molecule has 1 saturated heterocycles. The average molecular weight is 461 g/mol. The second-order valence-electron chi connectivity index (χ2n) is 6.43. The van der Waals surface area contributed by atoms with Crippen LogP contribution in [0.15, 0.2) is 48.2 Å². The molecule has 1 amide bonds. The van der Waals surface area contributed by atoms with Crippen LogP contribution in [0.3, 0.4) is 0 Å². The van der Waals surface area contributed by atoms with Gasteiger partial charge in [-0.25, -0.2) is 0 Å². The summed E-state index contributed by atoms with van der Waals surface area (Å²) < 4.78 is 15.7. The van der Waals surface area contributed by atoms with Crippen LogP contribution < -0.4 is 14.4 Å². The van der Waals surface area contributed by atoms with Gasteiger partial charge in [-0.15, -0.1) is 0 Å². The number of ether oxygens (including phenoxy) is 3. The normalized spacial score (nSPS) is 14.9. The SMILES string of the molecule is CCOc1ccc(C=C2C(=O)N(c3ccc(Cl)cc3)C(=S)N2CC(=O)OC)cc1OC. The van der Waals surface area contributed by atoms with E-state index in [1.165, 1.54) is 24.0 Å². The third-order valence-electron chi connectivity index (χ3n) is 4.53. The highest BCUT2D eigenvalue weighted by molar-refractivity contribution is 7.80. The molecule has 2 aromatic carbocycles. The van der Waals surface area contributed by atoms with E-state index in [0.717, 1.165) is 0 Å². The first kappa shape index (κ1) is 22.6. The third kappa shape index (κ3) is 4.81. The van der Waals surface area contributed by atoms with Gasteiger partial charge in [0.2, 0.25) is 0 Å². The number of esters is 1. The van der Waals surface area contributed by atoms with Gasteiger partial charge in [-0.05, 0) is 67.2 Å². The van der Waals surface area contributed by atoms with E-state index in [-0.39, 0.29) is 23.3 Å². The van der Waals surface area contributed by atoms with Gasteiger partial charge in [-0.3, -0.25) is 14.5 Å². The number of benzene rings is 2. The zero-order valence-corrected chi connectivity index (χ0v) is 18.8. The Labute approximate surface area is 190 Å². The Hall–Kier alpha value is -3.10. The Bertz CT molecular complexity index is 1040. The van der Waals surface area contributed by atoms with Gasteiger partial charge in [0, 0.05) is 5.02 Å². The summed E-state index contributed by atoms with van der Waals surface area (Å²) in [5, 5.41) is 0.701. The van der Waals surface area contributed by atoms with Crippen LogP contribution in [0.2, 0.25) is 5.02 Å². The fourth-order valence-electron chi connectivity index (χ4n) is 3.05. The molecular formula is C22H21ClN2O5S. The highest BCUT2D eigenvalue weighted by atomic mass is 35.5. The zero-order chi connectivity index (χ0) is 22.5. The predicted octanol–water partition coefficient (Wildman–Crippen LogP) is 3.89. The predicted molar refractivity (Wildman–Crippen MR) is 122 cm³/mol. The molecule has 1 aliphatic heterocycles. The van der Waals surface area contributed by atoms with Gasteiger partial charge in [-0.2, -0.15) is 0 Å². The molecular weight excluding hydrogens is 440 g/mol. The summed E-state index contributed by atoms with van der Waals surface area (Å²) in [5.74, 6) is 0.222. The highest BCUT2D eigenvalue weighted by Gasteiger charge is 2.40. The second kappa shape index (κ2) is 9.80. The number of halogens is 1. The number of hydrogen-bond donors (Lipinski definition) is 0. The Morgan fingerprint density at radius 1 is 1.13 bits per heavy atom. The van der Waals surface area contributed by atoms with Gasteiger partial charge >= 0.3 is 5.97 Å². The molecule has 162 valence electrons. The molecule has 0 N–H and O–H groups in total. The van der Waals surface area contributed by atoms with Gasteiger partial charge in [0.15, 0.2) is 16.6 Å². The number of anilines is 1. The first-order chi connectivity index (χ1) is 14.9. The standard InChI is InChI=1S/C22H21ClN2O5S/c1-4-30-18-10-5-14(12-19(18)28-2)11-17-21(27)25(16-8-6-15(23)7-9-16)22(31)24(17)13-20(26)29-3/h5-12H,4,13H2,1-3H3.